The van der Waals surface area contributed by atoms with Crippen molar-refractivity contribution in [2.75, 3.05) is 13.1 Å². The Kier molecular flexibility index (Phi) is 19.0. The van der Waals surface area contributed by atoms with E-state index in [1.165, 1.54) is 6.92 Å². The van der Waals surface area contributed by atoms with Gasteiger partial charge in [-0.25, -0.2) is 9.59 Å². The van der Waals surface area contributed by atoms with Crippen molar-refractivity contribution in [3.05, 3.63) is 96.2 Å². The zero-order chi connectivity index (χ0) is 42.8. The van der Waals surface area contributed by atoms with Crippen LogP contribution in [0.5, 0.6) is 0 Å². The van der Waals surface area contributed by atoms with Crippen LogP contribution in [0.2, 0.25) is 0 Å². The van der Waals surface area contributed by atoms with Crippen LogP contribution in [0.4, 0.5) is 9.59 Å². The summed E-state index contributed by atoms with van der Waals surface area (Å²) < 4.78 is 10.8. The first-order valence-corrected chi connectivity index (χ1v) is 20.7. The van der Waals surface area contributed by atoms with Gasteiger partial charge in [0.05, 0.1) is 12.1 Å². The number of carbonyl (C=O) groups is 5. The fourth-order valence-corrected chi connectivity index (χ4v) is 6.88. The SMILES string of the molecule is C=C([C@H](/C=C/[C@H](CC(C)C)NC(=O)OC(C)(C)C)Cc1ccccc1)N1CCC[C@H]1C(=O)N[C@H](C(=O)N[C@H](CCCNC(=O)OCc1ccccc1)C(C)=O)C(C)C. The Balaban J connectivity index is 1.67. The second-order valence-electron chi connectivity index (χ2n) is 16.9. The average molecular weight is 802 g/mol. The smallest absolute Gasteiger partial charge is 0.408 e. The quantitative estimate of drug-likeness (QED) is 0.0761. The number of amides is 4. The van der Waals surface area contributed by atoms with Gasteiger partial charge in [-0.05, 0) is 89.2 Å². The molecule has 0 saturated carbocycles. The van der Waals surface area contributed by atoms with E-state index in [0.717, 1.165) is 23.2 Å². The van der Waals surface area contributed by atoms with E-state index in [9.17, 15) is 24.0 Å². The summed E-state index contributed by atoms with van der Waals surface area (Å²) >= 11 is 0. The number of alkyl carbamates (subject to hydrolysis) is 2. The van der Waals surface area contributed by atoms with E-state index in [1.807, 2.05) is 94.1 Å². The highest BCUT2D eigenvalue weighted by Gasteiger charge is 2.36. The Bertz CT molecular complexity index is 1670. The Hall–Kier alpha value is -5.13. The number of allylic oxidation sites excluding steroid dienone is 1. The molecule has 0 aliphatic carbocycles. The maximum Gasteiger partial charge on any atom is 0.408 e. The summed E-state index contributed by atoms with van der Waals surface area (Å²) in [6.07, 6.45) is 6.47. The van der Waals surface area contributed by atoms with Crippen molar-refractivity contribution >= 4 is 29.8 Å². The molecule has 0 aromatic heterocycles. The van der Waals surface area contributed by atoms with Gasteiger partial charge in [0.1, 0.15) is 24.3 Å². The molecule has 58 heavy (non-hydrogen) atoms. The van der Waals surface area contributed by atoms with Gasteiger partial charge in [-0.3, -0.25) is 14.4 Å². The number of hydrogen-bond acceptors (Lipinski definition) is 8. The Morgan fingerprint density at radius 1 is 0.879 bits per heavy atom. The van der Waals surface area contributed by atoms with E-state index in [1.54, 1.807) is 0 Å². The first-order valence-electron chi connectivity index (χ1n) is 20.7. The summed E-state index contributed by atoms with van der Waals surface area (Å²) in [6, 6.07) is 16.9. The zero-order valence-electron chi connectivity index (χ0n) is 35.8. The lowest BCUT2D eigenvalue weighted by Gasteiger charge is -2.33. The lowest BCUT2D eigenvalue weighted by Crippen LogP contribution is -2.56. The van der Waals surface area contributed by atoms with Crippen molar-refractivity contribution in [1.29, 1.82) is 0 Å². The molecule has 2 aromatic rings. The number of Topliss-reactive ketones (excluding diaryl/α,β-unsaturated/α-hetero) is 1. The Labute approximate surface area is 346 Å². The molecular formula is C46H67N5O7. The summed E-state index contributed by atoms with van der Waals surface area (Å²) in [5.74, 6) is -1.09. The highest BCUT2D eigenvalue weighted by atomic mass is 16.6. The van der Waals surface area contributed by atoms with Crippen LogP contribution in [0.25, 0.3) is 0 Å². The lowest BCUT2D eigenvalue weighted by molar-refractivity contribution is -0.133. The average Bonchev–Trinajstić information content (AvgIpc) is 3.65. The Morgan fingerprint density at radius 3 is 2.10 bits per heavy atom. The van der Waals surface area contributed by atoms with Crippen LogP contribution in [0, 0.1) is 17.8 Å². The van der Waals surface area contributed by atoms with E-state index in [2.05, 4.69) is 59.9 Å². The number of nitrogens with zero attached hydrogens (tertiary/aromatic N) is 1. The van der Waals surface area contributed by atoms with Gasteiger partial charge >= 0.3 is 12.2 Å². The predicted octanol–water partition coefficient (Wildman–Crippen LogP) is 7.24. The molecule has 0 radical (unpaired) electrons. The molecule has 4 amide bonds. The minimum Gasteiger partial charge on any atom is -0.445 e. The van der Waals surface area contributed by atoms with Crippen molar-refractivity contribution in [3.63, 3.8) is 0 Å². The topological polar surface area (TPSA) is 155 Å². The highest BCUT2D eigenvalue weighted by molar-refractivity contribution is 5.93. The molecule has 1 saturated heterocycles. The maximum atomic E-state index is 14.0. The molecule has 5 atom stereocenters. The minimum atomic E-state index is -0.883. The molecule has 12 heteroatoms. The van der Waals surface area contributed by atoms with Crippen LogP contribution < -0.4 is 21.3 Å². The molecule has 1 fully saturated rings. The van der Waals surface area contributed by atoms with Crippen molar-refractivity contribution in [3.8, 4) is 0 Å². The second kappa shape index (κ2) is 23.3. The minimum absolute atomic E-state index is 0.146. The standard InChI is InChI=1S/C46H67N5O7/c1-31(2)28-38(48-45(56)58-46(7,8)9)25-24-37(29-35-18-12-10-13-19-35)33(5)51-27-17-23-40(51)42(53)50-41(32(3)4)43(54)49-39(34(6)52)22-16-26-47-44(55)57-30-36-20-14-11-15-21-36/h10-15,18-21,24-25,31-32,37-41H,5,16-17,22-23,26-30H2,1-4,6-9H3,(H,47,55)(H,48,56)(H,49,54)(H,50,53)/b25-24+/t37-,38-,39-,40+,41+/m1/s1. The molecule has 4 N–H and O–H groups in total. The predicted molar refractivity (Wildman–Crippen MR) is 228 cm³/mol. The normalized spacial score (nSPS) is 16.3. The van der Waals surface area contributed by atoms with Crippen molar-refractivity contribution in [2.45, 2.75) is 130 Å². The van der Waals surface area contributed by atoms with Crippen molar-refractivity contribution in [2.24, 2.45) is 17.8 Å². The van der Waals surface area contributed by atoms with Crippen LogP contribution in [0.3, 0.4) is 0 Å². The fourth-order valence-electron chi connectivity index (χ4n) is 6.88. The summed E-state index contributed by atoms with van der Waals surface area (Å²) in [6.45, 7) is 20.4. The summed E-state index contributed by atoms with van der Waals surface area (Å²) in [4.78, 5) is 67.3. The second-order valence-corrected chi connectivity index (χ2v) is 16.9. The molecule has 1 heterocycles. The molecular weight excluding hydrogens is 735 g/mol. The number of carbonyl (C=O) groups excluding carboxylic acids is 5. The first-order chi connectivity index (χ1) is 27.4. The van der Waals surface area contributed by atoms with Crippen LogP contribution in [-0.2, 0) is 36.9 Å². The van der Waals surface area contributed by atoms with E-state index >= 15 is 0 Å². The third-order valence-corrected chi connectivity index (χ3v) is 9.86. The van der Waals surface area contributed by atoms with Crippen LogP contribution in [0.1, 0.15) is 98.6 Å². The van der Waals surface area contributed by atoms with Gasteiger partial charge in [-0.2, -0.15) is 0 Å². The largest absolute Gasteiger partial charge is 0.445 e. The molecule has 12 nitrogen and oxygen atoms in total. The van der Waals surface area contributed by atoms with Gasteiger partial charge in [-0.15, -0.1) is 0 Å². The van der Waals surface area contributed by atoms with Gasteiger partial charge < -0.3 is 35.6 Å². The first kappa shape index (κ1) is 47.2. The number of ether oxygens (including phenoxy) is 2. The zero-order valence-corrected chi connectivity index (χ0v) is 35.8. The number of ketones is 1. The van der Waals surface area contributed by atoms with Gasteiger partial charge in [0.2, 0.25) is 11.8 Å². The lowest BCUT2D eigenvalue weighted by atomic mass is 9.93. The van der Waals surface area contributed by atoms with Gasteiger partial charge in [0.25, 0.3) is 0 Å². The van der Waals surface area contributed by atoms with Gasteiger partial charge in [0, 0.05) is 24.7 Å². The van der Waals surface area contributed by atoms with Gasteiger partial charge in [-0.1, -0.05) is 107 Å². The van der Waals surface area contributed by atoms with E-state index in [-0.39, 0.29) is 42.7 Å². The van der Waals surface area contributed by atoms with Crippen molar-refractivity contribution < 1.29 is 33.4 Å². The molecule has 318 valence electrons. The third-order valence-electron chi connectivity index (χ3n) is 9.86. The monoisotopic (exact) mass is 802 g/mol. The summed E-state index contributed by atoms with van der Waals surface area (Å²) in [7, 11) is 0. The molecule has 0 unspecified atom stereocenters. The third kappa shape index (κ3) is 16.8. The van der Waals surface area contributed by atoms with Gasteiger partial charge in [0.15, 0.2) is 5.78 Å². The van der Waals surface area contributed by atoms with E-state index in [0.29, 0.717) is 44.6 Å². The molecule has 0 spiro atoms. The van der Waals surface area contributed by atoms with Crippen molar-refractivity contribution in [1.82, 2.24) is 26.2 Å². The molecule has 3 rings (SSSR count). The maximum absolute atomic E-state index is 14.0. The summed E-state index contributed by atoms with van der Waals surface area (Å²) in [5, 5.41) is 11.6. The summed E-state index contributed by atoms with van der Waals surface area (Å²) in [5.41, 5.74) is 2.12. The van der Waals surface area contributed by atoms with E-state index in [4.69, 9.17) is 9.47 Å². The number of likely N-dealkylation sites (tertiary alicyclic amines) is 1. The van der Waals surface area contributed by atoms with E-state index < -0.39 is 41.8 Å². The number of nitrogens with one attached hydrogen (secondary N) is 4. The molecule has 1 aliphatic rings. The molecule has 2 aromatic carbocycles. The van der Waals surface area contributed by atoms with Crippen LogP contribution >= 0.6 is 0 Å². The number of benzene rings is 2. The molecule has 0 bridgehead atoms. The molecule has 1 aliphatic heterocycles. The highest BCUT2D eigenvalue weighted by Crippen LogP contribution is 2.29. The number of rotatable bonds is 21. The number of hydrogen-bond donors (Lipinski definition) is 4. The Morgan fingerprint density at radius 2 is 1.52 bits per heavy atom. The fraction of sp³-hybridized carbons (Fsp3) is 0.543. The van der Waals surface area contributed by atoms with Crippen LogP contribution in [0.15, 0.2) is 85.1 Å². The van der Waals surface area contributed by atoms with Crippen LogP contribution in [-0.4, -0.2) is 77.5 Å².